The number of nitrogens with one attached hydrogen (secondary N) is 2. The maximum atomic E-state index is 12.1. The molecule has 0 aliphatic heterocycles. The van der Waals surface area contributed by atoms with Crippen LogP contribution >= 0.6 is 0 Å². The number of hydrogen-bond acceptors (Lipinski definition) is 2. The van der Waals surface area contributed by atoms with Gasteiger partial charge >= 0.3 is 0 Å². The van der Waals surface area contributed by atoms with E-state index in [1.807, 2.05) is 0 Å². The van der Waals surface area contributed by atoms with Crippen LogP contribution in [-0.2, 0) is 9.59 Å². The Morgan fingerprint density at radius 2 is 1.14 bits per heavy atom. The maximum Gasteiger partial charge on any atom is 0.250 e. The second kappa shape index (κ2) is 12.4. The van der Waals surface area contributed by atoms with Crippen molar-refractivity contribution in [1.29, 1.82) is 0 Å². The second-order valence-electron chi connectivity index (χ2n) is 7.83. The number of carbonyl (C=O) groups is 2. The average Bonchev–Trinajstić information content (AvgIpc) is 2.75. The molecule has 2 aliphatic carbocycles. The second-order valence-corrected chi connectivity index (χ2v) is 7.83. The monoisotopic (exact) mass is 384 g/mol. The predicted molar refractivity (Wildman–Crippen MR) is 116 cm³/mol. The van der Waals surface area contributed by atoms with Gasteiger partial charge in [0.2, 0.25) is 0 Å². The highest BCUT2D eigenvalue weighted by Gasteiger charge is 2.14. The van der Waals surface area contributed by atoms with E-state index in [-0.39, 0.29) is 11.8 Å². The summed E-state index contributed by atoms with van der Waals surface area (Å²) >= 11 is 0. The van der Waals surface area contributed by atoms with Crippen LogP contribution in [0.25, 0.3) is 0 Å². The Morgan fingerprint density at radius 1 is 0.714 bits per heavy atom. The summed E-state index contributed by atoms with van der Waals surface area (Å²) in [6.07, 6.45) is 17.1. The Morgan fingerprint density at radius 3 is 1.50 bits per heavy atom. The van der Waals surface area contributed by atoms with Gasteiger partial charge < -0.3 is 10.6 Å². The molecule has 4 nitrogen and oxygen atoms in total. The van der Waals surface area contributed by atoms with Crippen molar-refractivity contribution in [3.8, 4) is 0 Å². The van der Waals surface area contributed by atoms with Crippen LogP contribution in [-0.4, -0.2) is 24.9 Å². The van der Waals surface area contributed by atoms with Crippen LogP contribution in [0, 0.1) is 0 Å². The first kappa shape index (κ1) is 22.2. The van der Waals surface area contributed by atoms with Gasteiger partial charge in [0.1, 0.15) is 0 Å². The van der Waals surface area contributed by atoms with Gasteiger partial charge in [-0.2, -0.15) is 0 Å². The molecule has 0 spiro atoms. The van der Waals surface area contributed by atoms with Gasteiger partial charge in [0.15, 0.2) is 0 Å². The molecular formula is C24H36N2O2. The molecule has 0 aromatic carbocycles. The zero-order chi connectivity index (χ0) is 20.2. The summed E-state index contributed by atoms with van der Waals surface area (Å²) in [6.45, 7) is 9.27. The van der Waals surface area contributed by atoms with Crippen molar-refractivity contribution < 1.29 is 9.59 Å². The third-order valence-corrected chi connectivity index (χ3v) is 5.58. The van der Waals surface area contributed by atoms with Crippen LogP contribution in [0.3, 0.4) is 0 Å². The molecular weight excluding hydrogens is 348 g/mol. The molecule has 0 radical (unpaired) electrons. The van der Waals surface area contributed by atoms with Crippen LogP contribution < -0.4 is 10.6 Å². The summed E-state index contributed by atoms with van der Waals surface area (Å²) in [5, 5.41) is 5.95. The topological polar surface area (TPSA) is 58.2 Å². The Bertz CT molecular complexity index is 587. The fraction of sp³-hybridized carbons (Fsp3) is 0.583. The highest BCUT2D eigenvalue weighted by molar-refractivity contribution is 5.97. The Labute approximate surface area is 170 Å². The summed E-state index contributed by atoms with van der Waals surface area (Å²) < 4.78 is 0. The van der Waals surface area contributed by atoms with E-state index in [1.165, 1.54) is 12.8 Å². The molecule has 0 unspecified atom stereocenters. The molecule has 0 heterocycles. The standard InChI is InChI=1S/C24H36N2O2/c1-19(21-13-7-5-8-14-21)23(27)25-17-11-3-4-12-18-26-24(28)20(2)22-15-9-6-10-16-22/h13,15H,1-12,14,16-18H2,(H,25,27)(H,26,28). The van der Waals surface area contributed by atoms with Crippen LogP contribution in [0.2, 0.25) is 0 Å². The lowest BCUT2D eigenvalue weighted by atomic mass is 9.94. The molecule has 0 fully saturated rings. The number of unbranched alkanes of at least 4 members (excludes halogenated alkanes) is 3. The van der Waals surface area contributed by atoms with Crippen molar-refractivity contribution in [3.63, 3.8) is 0 Å². The fourth-order valence-electron chi connectivity index (χ4n) is 3.74. The first-order valence-corrected chi connectivity index (χ1v) is 10.9. The van der Waals surface area contributed by atoms with Crippen LogP contribution in [0.5, 0.6) is 0 Å². The molecule has 2 aliphatic rings. The number of allylic oxidation sites excluding steroid dienone is 2. The van der Waals surface area contributed by atoms with Gasteiger partial charge in [-0.15, -0.1) is 0 Å². The van der Waals surface area contributed by atoms with E-state index in [4.69, 9.17) is 0 Å². The molecule has 2 amide bonds. The number of carbonyl (C=O) groups excluding carboxylic acids is 2. The largest absolute Gasteiger partial charge is 0.352 e. The summed E-state index contributed by atoms with van der Waals surface area (Å²) in [5.41, 5.74) is 3.50. The lowest BCUT2D eigenvalue weighted by Crippen LogP contribution is -2.27. The van der Waals surface area contributed by atoms with E-state index >= 15 is 0 Å². The quantitative estimate of drug-likeness (QED) is 0.393. The molecule has 4 heteroatoms. The zero-order valence-corrected chi connectivity index (χ0v) is 17.3. The van der Waals surface area contributed by atoms with Gasteiger partial charge in [0.05, 0.1) is 0 Å². The molecule has 154 valence electrons. The Balaban J connectivity index is 1.49. The zero-order valence-electron chi connectivity index (χ0n) is 17.3. The van der Waals surface area contributed by atoms with E-state index in [0.717, 1.165) is 75.4 Å². The first-order chi connectivity index (χ1) is 13.6. The first-order valence-electron chi connectivity index (χ1n) is 10.9. The summed E-state index contributed by atoms with van der Waals surface area (Å²) in [4.78, 5) is 24.3. The minimum Gasteiger partial charge on any atom is -0.352 e. The Kier molecular flexibility index (Phi) is 9.81. The van der Waals surface area contributed by atoms with Gasteiger partial charge in [-0.3, -0.25) is 9.59 Å². The third kappa shape index (κ3) is 7.49. The number of amides is 2. The van der Waals surface area contributed by atoms with E-state index in [2.05, 4.69) is 35.9 Å². The van der Waals surface area contributed by atoms with E-state index < -0.39 is 0 Å². The normalized spacial score (nSPS) is 16.6. The van der Waals surface area contributed by atoms with Crippen molar-refractivity contribution in [2.75, 3.05) is 13.1 Å². The summed E-state index contributed by atoms with van der Waals surface area (Å²) in [5.74, 6) is -0.0631. The number of rotatable bonds is 11. The van der Waals surface area contributed by atoms with Crippen molar-refractivity contribution in [2.24, 2.45) is 0 Å². The molecule has 0 bridgehead atoms. The molecule has 2 N–H and O–H groups in total. The molecule has 0 aromatic rings. The third-order valence-electron chi connectivity index (χ3n) is 5.58. The molecule has 2 rings (SSSR count). The molecule has 28 heavy (non-hydrogen) atoms. The molecule has 0 saturated heterocycles. The highest BCUT2D eigenvalue weighted by Crippen LogP contribution is 2.23. The van der Waals surface area contributed by atoms with E-state index in [0.29, 0.717) is 24.2 Å². The number of hydrogen-bond donors (Lipinski definition) is 2. The van der Waals surface area contributed by atoms with Crippen molar-refractivity contribution >= 4 is 11.8 Å². The van der Waals surface area contributed by atoms with E-state index in [1.54, 1.807) is 0 Å². The van der Waals surface area contributed by atoms with Gasteiger partial charge in [-0.25, -0.2) is 0 Å². The van der Waals surface area contributed by atoms with E-state index in [9.17, 15) is 9.59 Å². The van der Waals surface area contributed by atoms with Gasteiger partial charge in [0.25, 0.3) is 11.8 Å². The minimum atomic E-state index is -0.0315. The smallest absolute Gasteiger partial charge is 0.250 e. The fourth-order valence-corrected chi connectivity index (χ4v) is 3.74. The van der Waals surface area contributed by atoms with Crippen molar-refractivity contribution in [2.45, 2.75) is 77.0 Å². The Hall–Kier alpha value is -2.10. The van der Waals surface area contributed by atoms with Gasteiger partial charge in [-0.1, -0.05) is 38.2 Å². The van der Waals surface area contributed by atoms with Crippen molar-refractivity contribution in [1.82, 2.24) is 10.6 Å². The summed E-state index contributed by atoms with van der Waals surface area (Å²) in [7, 11) is 0. The lowest BCUT2D eigenvalue weighted by molar-refractivity contribution is -0.118. The molecule has 0 aromatic heterocycles. The van der Waals surface area contributed by atoms with Crippen LogP contribution in [0.1, 0.15) is 77.0 Å². The van der Waals surface area contributed by atoms with Gasteiger partial charge in [0, 0.05) is 24.2 Å². The maximum absolute atomic E-state index is 12.1. The van der Waals surface area contributed by atoms with Gasteiger partial charge in [-0.05, 0) is 75.4 Å². The average molecular weight is 385 g/mol. The van der Waals surface area contributed by atoms with Crippen molar-refractivity contribution in [3.05, 3.63) is 47.6 Å². The minimum absolute atomic E-state index is 0.0315. The predicted octanol–water partition coefficient (Wildman–Crippen LogP) is 4.89. The SMILES string of the molecule is C=C(C(=O)NCCCCCCNC(=O)C(=C)C1=CCCCC1)C1=CCCCC1. The lowest BCUT2D eigenvalue weighted by Gasteiger charge is -2.15. The highest BCUT2D eigenvalue weighted by atomic mass is 16.2. The molecule has 0 saturated carbocycles. The van der Waals surface area contributed by atoms with Crippen LogP contribution in [0.4, 0.5) is 0 Å². The molecule has 0 atom stereocenters. The van der Waals surface area contributed by atoms with Crippen LogP contribution in [0.15, 0.2) is 47.6 Å². The summed E-state index contributed by atoms with van der Waals surface area (Å²) in [6, 6.07) is 0.